The topological polar surface area (TPSA) is 9.23 Å². The van der Waals surface area contributed by atoms with E-state index in [9.17, 15) is 0 Å². The van der Waals surface area contributed by atoms with Gasteiger partial charge in [0.25, 0.3) is 0 Å². The molecule has 3 atom stereocenters. The molecule has 0 aromatic rings. The molecule has 0 aromatic heterocycles. The fourth-order valence-corrected chi connectivity index (χ4v) is 4.00. The van der Waals surface area contributed by atoms with Crippen molar-refractivity contribution in [1.82, 2.24) is 0 Å². The molecule has 0 aromatic carbocycles. The monoisotopic (exact) mass is 274 g/mol. The zero-order valence-electron chi connectivity index (χ0n) is 9.80. The first-order chi connectivity index (χ1) is 7.24. The van der Waals surface area contributed by atoms with Gasteiger partial charge in [-0.1, -0.05) is 42.1 Å². The Morgan fingerprint density at radius 1 is 1.40 bits per heavy atom. The van der Waals surface area contributed by atoms with E-state index in [2.05, 4.69) is 22.9 Å². The van der Waals surface area contributed by atoms with Gasteiger partial charge in [-0.2, -0.15) is 0 Å². The normalized spacial score (nSPS) is 42.0. The predicted molar refractivity (Wildman–Crippen MR) is 67.4 cm³/mol. The molecule has 0 radical (unpaired) electrons. The highest BCUT2D eigenvalue weighted by Crippen LogP contribution is 2.42. The minimum absolute atomic E-state index is 0.474. The number of halogens is 1. The van der Waals surface area contributed by atoms with Crippen LogP contribution in [0.1, 0.15) is 45.4 Å². The van der Waals surface area contributed by atoms with Crippen LogP contribution in [0, 0.1) is 17.3 Å². The molecular weight excluding hydrogens is 252 g/mol. The van der Waals surface area contributed by atoms with Gasteiger partial charge in [0.15, 0.2) is 0 Å². The summed E-state index contributed by atoms with van der Waals surface area (Å²) >= 11 is 3.70. The molecule has 2 fully saturated rings. The maximum absolute atomic E-state index is 5.59. The molecule has 1 aliphatic carbocycles. The van der Waals surface area contributed by atoms with E-state index in [1.165, 1.54) is 38.5 Å². The molecule has 0 amide bonds. The predicted octanol–water partition coefficient (Wildman–Crippen LogP) is 4.00. The molecule has 1 nitrogen and oxygen atoms in total. The summed E-state index contributed by atoms with van der Waals surface area (Å²) in [7, 11) is 0. The van der Waals surface area contributed by atoms with Gasteiger partial charge in [-0.3, -0.25) is 0 Å². The maximum Gasteiger partial charge on any atom is 0.0531 e. The minimum atomic E-state index is 0.474. The number of alkyl halides is 1. The first-order valence-electron chi connectivity index (χ1n) is 6.38. The molecule has 2 aliphatic rings. The first kappa shape index (κ1) is 11.9. The summed E-state index contributed by atoms with van der Waals surface area (Å²) in [4.78, 5) is 0. The number of hydrogen-bond donors (Lipinski definition) is 0. The van der Waals surface area contributed by atoms with Crippen molar-refractivity contribution in [1.29, 1.82) is 0 Å². The number of ether oxygens (including phenoxy) is 1. The molecule has 0 spiro atoms. The van der Waals surface area contributed by atoms with Crippen LogP contribution in [0.15, 0.2) is 0 Å². The Balaban J connectivity index is 1.88. The van der Waals surface area contributed by atoms with Gasteiger partial charge in [-0.25, -0.2) is 0 Å². The van der Waals surface area contributed by atoms with Crippen molar-refractivity contribution in [3.8, 4) is 0 Å². The van der Waals surface area contributed by atoms with Gasteiger partial charge in [-0.05, 0) is 31.1 Å². The Bertz CT molecular complexity index is 199. The Morgan fingerprint density at radius 3 is 2.87 bits per heavy atom. The molecule has 1 saturated carbocycles. The van der Waals surface area contributed by atoms with Gasteiger partial charge in [0, 0.05) is 17.4 Å². The second kappa shape index (κ2) is 5.18. The third kappa shape index (κ3) is 2.97. The third-order valence-corrected chi connectivity index (χ3v) is 5.42. The lowest BCUT2D eigenvalue weighted by molar-refractivity contribution is 0.132. The summed E-state index contributed by atoms with van der Waals surface area (Å²) in [6.07, 6.45) is 8.47. The third-order valence-electron chi connectivity index (χ3n) is 4.24. The summed E-state index contributed by atoms with van der Waals surface area (Å²) in [6.45, 7) is 4.38. The lowest BCUT2D eigenvalue weighted by Gasteiger charge is -2.34. The first-order valence-corrected chi connectivity index (χ1v) is 7.50. The molecule has 2 heteroatoms. The van der Waals surface area contributed by atoms with Crippen molar-refractivity contribution in [3.05, 3.63) is 0 Å². The summed E-state index contributed by atoms with van der Waals surface area (Å²) in [5.41, 5.74) is 0.474. The van der Waals surface area contributed by atoms with Crippen LogP contribution in [0.2, 0.25) is 0 Å². The molecule has 1 saturated heterocycles. The van der Waals surface area contributed by atoms with E-state index in [1.54, 1.807) is 0 Å². The fourth-order valence-electron chi connectivity index (χ4n) is 3.33. The molecule has 88 valence electrons. The lowest BCUT2D eigenvalue weighted by atomic mass is 9.73. The quantitative estimate of drug-likeness (QED) is 0.707. The number of hydrogen-bond acceptors (Lipinski definition) is 1. The molecule has 1 aliphatic heterocycles. The van der Waals surface area contributed by atoms with Crippen LogP contribution in [0.3, 0.4) is 0 Å². The minimum Gasteiger partial charge on any atom is -0.381 e. The summed E-state index contributed by atoms with van der Waals surface area (Å²) in [6, 6.07) is 0. The molecule has 3 unspecified atom stereocenters. The largest absolute Gasteiger partial charge is 0.381 e. The average molecular weight is 275 g/mol. The zero-order valence-corrected chi connectivity index (χ0v) is 11.4. The van der Waals surface area contributed by atoms with Crippen molar-refractivity contribution in [3.63, 3.8) is 0 Å². The van der Waals surface area contributed by atoms with Crippen LogP contribution < -0.4 is 0 Å². The molecular formula is C13H23BrO. The van der Waals surface area contributed by atoms with E-state index in [0.29, 0.717) is 5.41 Å². The van der Waals surface area contributed by atoms with E-state index in [-0.39, 0.29) is 0 Å². The van der Waals surface area contributed by atoms with E-state index in [0.717, 1.165) is 30.4 Å². The van der Waals surface area contributed by atoms with Crippen LogP contribution in [0.25, 0.3) is 0 Å². The lowest BCUT2D eigenvalue weighted by Crippen LogP contribution is -2.28. The van der Waals surface area contributed by atoms with Crippen molar-refractivity contribution < 1.29 is 4.74 Å². The van der Waals surface area contributed by atoms with Gasteiger partial charge in [0.1, 0.15) is 0 Å². The molecule has 2 rings (SSSR count). The Labute approximate surface area is 102 Å². The molecule has 0 bridgehead atoms. The van der Waals surface area contributed by atoms with E-state index >= 15 is 0 Å². The highest BCUT2D eigenvalue weighted by atomic mass is 79.9. The van der Waals surface area contributed by atoms with Crippen LogP contribution in [-0.4, -0.2) is 18.5 Å². The van der Waals surface area contributed by atoms with Crippen LogP contribution >= 0.6 is 15.9 Å². The average Bonchev–Trinajstić information content (AvgIpc) is 2.67. The highest BCUT2D eigenvalue weighted by molar-refractivity contribution is 9.09. The van der Waals surface area contributed by atoms with Crippen molar-refractivity contribution >= 4 is 15.9 Å². The fraction of sp³-hybridized carbons (Fsp3) is 1.00. The van der Waals surface area contributed by atoms with Gasteiger partial charge in [0.05, 0.1) is 6.61 Å². The Kier molecular flexibility index (Phi) is 4.11. The van der Waals surface area contributed by atoms with E-state index in [1.807, 2.05) is 0 Å². The Hall–Kier alpha value is 0.440. The molecule has 1 heterocycles. The van der Waals surface area contributed by atoms with Crippen molar-refractivity contribution in [2.24, 2.45) is 17.3 Å². The van der Waals surface area contributed by atoms with Crippen LogP contribution in [0.4, 0.5) is 0 Å². The van der Waals surface area contributed by atoms with Gasteiger partial charge in [0.2, 0.25) is 0 Å². The second-order valence-corrected chi connectivity index (χ2v) is 6.34. The summed E-state index contributed by atoms with van der Waals surface area (Å²) in [5.74, 6) is 1.92. The van der Waals surface area contributed by atoms with Crippen molar-refractivity contribution in [2.75, 3.05) is 18.5 Å². The summed E-state index contributed by atoms with van der Waals surface area (Å²) < 4.78 is 5.59. The van der Waals surface area contributed by atoms with Gasteiger partial charge in [-0.15, -0.1) is 0 Å². The summed E-state index contributed by atoms with van der Waals surface area (Å²) in [5, 5.41) is 1.13. The Morgan fingerprint density at radius 2 is 2.27 bits per heavy atom. The second-order valence-electron chi connectivity index (χ2n) is 5.78. The smallest absolute Gasteiger partial charge is 0.0531 e. The zero-order chi connectivity index (χ0) is 10.7. The SMILES string of the molecule is CC1CCCC(CC2(CBr)CCOC2)C1. The number of rotatable bonds is 3. The van der Waals surface area contributed by atoms with Crippen molar-refractivity contribution in [2.45, 2.75) is 45.4 Å². The van der Waals surface area contributed by atoms with Gasteiger partial charge >= 0.3 is 0 Å². The molecule has 15 heavy (non-hydrogen) atoms. The van der Waals surface area contributed by atoms with Gasteiger partial charge < -0.3 is 4.74 Å². The van der Waals surface area contributed by atoms with Crippen LogP contribution in [-0.2, 0) is 4.74 Å². The van der Waals surface area contributed by atoms with Crippen LogP contribution in [0.5, 0.6) is 0 Å². The van der Waals surface area contributed by atoms with E-state index in [4.69, 9.17) is 4.74 Å². The standard InChI is InChI=1S/C13H23BrO/c1-11-3-2-4-12(7-11)8-13(9-14)5-6-15-10-13/h11-12H,2-10H2,1H3. The van der Waals surface area contributed by atoms with E-state index < -0.39 is 0 Å². The highest BCUT2D eigenvalue weighted by Gasteiger charge is 2.36. The molecule has 0 N–H and O–H groups in total. The maximum atomic E-state index is 5.59.